The van der Waals surface area contributed by atoms with Gasteiger partial charge in [0.05, 0.1) is 5.69 Å². The smallest absolute Gasteiger partial charge is 0.323 e. The number of carbonyl (C=O) groups is 3. The predicted molar refractivity (Wildman–Crippen MR) is 95.3 cm³/mol. The van der Waals surface area contributed by atoms with Crippen molar-refractivity contribution in [3.05, 3.63) is 29.0 Å². The van der Waals surface area contributed by atoms with E-state index in [1.54, 1.807) is 6.92 Å². The second-order valence-corrected chi connectivity index (χ2v) is 7.47. The van der Waals surface area contributed by atoms with Gasteiger partial charge in [-0.25, -0.2) is 9.18 Å². The van der Waals surface area contributed by atoms with E-state index in [4.69, 9.17) is 11.6 Å². The molecule has 2 fully saturated rings. The summed E-state index contributed by atoms with van der Waals surface area (Å²) in [5.74, 6) is -1.66. The minimum absolute atomic E-state index is 0.0612. The first kappa shape index (κ1) is 18.6. The molecular formula is C18H21ClFN3O3. The van der Waals surface area contributed by atoms with Gasteiger partial charge in [0.2, 0.25) is 5.91 Å². The first-order chi connectivity index (χ1) is 12.3. The fourth-order valence-corrected chi connectivity index (χ4v) is 3.91. The number of hydrogen-bond donors (Lipinski definition) is 2. The van der Waals surface area contributed by atoms with E-state index in [1.165, 1.54) is 12.1 Å². The summed E-state index contributed by atoms with van der Waals surface area (Å²) < 4.78 is 13.7. The van der Waals surface area contributed by atoms with Crippen LogP contribution in [0.3, 0.4) is 0 Å². The number of rotatable bonds is 4. The first-order valence-corrected chi connectivity index (χ1v) is 9.08. The molecule has 0 aromatic heterocycles. The third-order valence-corrected chi connectivity index (χ3v) is 5.46. The maximum absolute atomic E-state index is 13.7. The monoisotopic (exact) mass is 381 g/mol. The highest BCUT2D eigenvalue weighted by Crippen LogP contribution is 2.36. The van der Waals surface area contributed by atoms with Crippen molar-refractivity contribution in [1.29, 1.82) is 0 Å². The van der Waals surface area contributed by atoms with Crippen molar-refractivity contribution in [2.24, 2.45) is 5.92 Å². The normalized spacial score (nSPS) is 23.9. The lowest BCUT2D eigenvalue weighted by Gasteiger charge is -2.34. The van der Waals surface area contributed by atoms with Gasteiger partial charge in [0.15, 0.2) is 0 Å². The van der Waals surface area contributed by atoms with E-state index in [0.29, 0.717) is 0 Å². The number of hydrogen-bond acceptors (Lipinski definition) is 3. The Balaban J connectivity index is 1.69. The number of amides is 4. The molecular weight excluding hydrogens is 361 g/mol. The molecule has 1 heterocycles. The number of carbonyl (C=O) groups excluding carboxylic acids is 3. The van der Waals surface area contributed by atoms with E-state index in [1.807, 2.05) is 0 Å². The molecule has 1 aliphatic carbocycles. The number of nitrogens with one attached hydrogen (secondary N) is 2. The summed E-state index contributed by atoms with van der Waals surface area (Å²) in [7, 11) is 0. The van der Waals surface area contributed by atoms with E-state index in [-0.39, 0.29) is 16.6 Å². The average Bonchev–Trinajstić information content (AvgIpc) is 2.83. The van der Waals surface area contributed by atoms with Gasteiger partial charge in [0, 0.05) is 5.02 Å². The van der Waals surface area contributed by atoms with E-state index in [0.717, 1.165) is 43.1 Å². The molecule has 0 bridgehead atoms. The van der Waals surface area contributed by atoms with Crippen molar-refractivity contribution in [2.45, 2.75) is 44.6 Å². The highest BCUT2D eigenvalue weighted by Gasteiger charge is 2.52. The van der Waals surface area contributed by atoms with Gasteiger partial charge in [-0.2, -0.15) is 0 Å². The van der Waals surface area contributed by atoms with Gasteiger partial charge in [-0.15, -0.1) is 0 Å². The fourth-order valence-electron chi connectivity index (χ4n) is 3.74. The molecule has 1 aromatic rings. The largest absolute Gasteiger partial charge is 0.325 e. The molecule has 1 atom stereocenters. The summed E-state index contributed by atoms with van der Waals surface area (Å²) in [5, 5.41) is 5.37. The third-order valence-electron chi connectivity index (χ3n) is 5.23. The molecule has 2 aliphatic rings. The molecule has 0 unspecified atom stereocenters. The van der Waals surface area contributed by atoms with Crippen LogP contribution in [0.25, 0.3) is 0 Å². The summed E-state index contributed by atoms with van der Waals surface area (Å²) >= 11 is 5.79. The number of imide groups is 1. The zero-order chi connectivity index (χ0) is 18.9. The Morgan fingerprint density at radius 1 is 1.35 bits per heavy atom. The lowest BCUT2D eigenvalue weighted by atomic mass is 9.75. The Kier molecular flexibility index (Phi) is 5.18. The second-order valence-electron chi connectivity index (χ2n) is 7.03. The van der Waals surface area contributed by atoms with Gasteiger partial charge in [-0.1, -0.05) is 30.9 Å². The first-order valence-electron chi connectivity index (χ1n) is 8.70. The molecule has 1 saturated carbocycles. The summed E-state index contributed by atoms with van der Waals surface area (Å²) in [6, 6.07) is 3.17. The van der Waals surface area contributed by atoms with Gasteiger partial charge >= 0.3 is 6.03 Å². The van der Waals surface area contributed by atoms with Crippen molar-refractivity contribution < 1.29 is 18.8 Å². The summed E-state index contributed by atoms with van der Waals surface area (Å²) in [5.41, 5.74) is -1.08. The van der Waals surface area contributed by atoms with Crippen molar-refractivity contribution >= 4 is 35.1 Å². The van der Waals surface area contributed by atoms with Crippen LogP contribution in [0.5, 0.6) is 0 Å². The van der Waals surface area contributed by atoms with Crippen LogP contribution < -0.4 is 10.6 Å². The van der Waals surface area contributed by atoms with Crippen LogP contribution in [0.1, 0.15) is 39.0 Å². The molecule has 1 saturated heterocycles. The van der Waals surface area contributed by atoms with Crippen LogP contribution in [0, 0.1) is 11.7 Å². The van der Waals surface area contributed by atoms with Crippen LogP contribution in [-0.4, -0.2) is 34.8 Å². The van der Waals surface area contributed by atoms with Gasteiger partial charge < -0.3 is 10.6 Å². The number of urea groups is 1. The molecule has 2 N–H and O–H groups in total. The van der Waals surface area contributed by atoms with E-state index < -0.39 is 35.7 Å². The quantitative estimate of drug-likeness (QED) is 0.785. The summed E-state index contributed by atoms with van der Waals surface area (Å²) in [4.78, 5) is 38.2. The predicted octanol–water partition coefficient (Wildman–Crippen LogP) is 3.31. The minimum atomic E-state index is -0.987. The second kappa shape index (κ2) is 7.23. The third kappa shape index (κ3) is 3.53. The molecule has 1 aromatic carbocycles. The van der Waals surface area contributed by atoms with Crippen LogP contribution in [0.2, 0.25) is 5.02 Å². The topological polar surface area (TPSA) is 78.5 Å². The van der Waals surface area contributed by atoms with Crippen molar-refractivity contribution in [1.82, 2.24) is 10.2 Å². The van der Waals surface area contributed by atoms with E-state index in [2.05, 4.69) is 10.6 Å². The molecule has 0 radical (unpaired) electrons. The Morgan fingerprint density at radius 3 is 2.73 bits per heavy atom. The van der Waals surface area contributed by atoms with Gasteiger partial charge in [-0.05, 0) is 43.9 Å². The Bertz CT molecular complexity index is 751. The number of nitrogens with zero attached hydrogens (tertiary/aromatic N) is 1. The van der Waals surface area contributed by atoms with Crippen LogP contribution in [-0.2, 0) is 9.59 Å². The van der Waals surface area contributed by atoms with E-state index >= 15 is 0 Å². The molecule has 1 aliphatic heterocycles. The Labute approximate surface area is 156 Å². The standard InChI is InChI=1S/C18H21ClFN3O3/c1-18(11-5-3-2-4-6-11)16(25)23(17(26)22-18)10-15(24)21-14-9-12(19)7-8-13(14)20/h7-9,11H,2-6,10H2,1H3,(H,21,24)(H,22,26)/t18-/m0/s1. The highest BCUT2D eigenvalue weighted by molar-refractivity contribution is 6.30. The van der Waals surface area contributed by atoms with Crippen LogP contribution in [0.15, 0.2) is 18.2 Å². The molecule has 4 amide bonds. The lowest BCUT2D eigenvalue weighted by Crippen LogP contribution is -2.51. The maximum Gasteiger partial charge on any atom is 0.325 e. The molecule has 140 valence electrons. The number of benzene rings is 1. The van der Waals surface area contributed by atoms with Gasteiger partial charge in [0.1, 0.15) is 17.9 Å². The Morgan fingerprint density at radius 2 is 2.04 bits per heavy atom. The summed E-state index contributed by atoms with van der Waals surface area (Å²) in [6.07, 6.45) is 4.93. The molecule has 26 heavy (non-hydrogen) atoms. The van der Waals surface area contributed by atoms with Gasteiger partial charge in [0.25, 0.3) is 5.91 Å². The number of anilines is 1. The molecule has 0 spiro atoms. The van der Waals surface area contributed by atoms with Crippen LogP contribution >= 0.6 is 11.6 Å². The number of halogens is 2. The highest BCUT2D eigenvalue weighted by atomic mass is 35.5. The van der Waals surface area contributed by atoms with E-state index in [9.17, 15) is 18.8 Å². The zero-order valence-corrected chi connectivity index (χ0v) is 15.2. The summed E-state index contributed by atoms with van der Waals surface area (Å²) in [6.45, 7) is 1.25. The fraction of sp³-hybridized carbons (Fsp3) is 0.500. The van der Waals surface area contributed by atoms with Gasteiger partial charge in [-0.3, -0.25) is 14.5 Å². The minimum Gasteiger partial charge on any atom is -0.323 e. The Hall–Kier alpha value is -2.15. The van der Waals surface area contributed by atoms with Crippen molar-refractivity contribution in [3.63, 3.8) is 0 Å². The average molecular weight is 382 g/mol. The lowest BCUT2D eigenvalue weighted by molar-refractivity contribution is -0.135. The van der Waals surface area contributed by atoms with Crippen molar-refractivity contribution in [3.8, 4) is 0 Å². The van der Waals surface area contributed by atoms with Crippen LogP contribution in [0.4, 0.5) is 14.9 Å². The SMILES string of the molecule is C[C@@]1(C2CCCCC2)NC(=O)N(CC(=O)Nc2cc(Cl)ccc2F)C1=O. The molecule has 8 heteroatoms. The maximum atomic E-state index is 13.7. The molecule has 3 rings (SSSR count). The van der Waals surface area contributed by atoms with Crippen molar-refractivity contribution in [2.75, 3.05) is 11.9 Å². The zero-order valence-electron chi connectivity index (χ0n) is 14.5. The molecule has 6 nitrogen and oxygen atoms in total.